The van der Waals surface area contributed by atoms with Crippen molar-refractivity contribution in [1.29, 1.82) is 0 Å². The number of aryl methyl sites for hydroxylation is 2. The van der Waals surface area contributed by atoms with E-state index in [1.807, 2.05) is 28.8 Å². The molecule has 33 heavy (non-hydrogen) atoms. The third kappa shape index (κ3) is 4.71. The highest BCUT2D eigenvalue weighted by Crippen LogP contribution is 2.32. The first-order chi connectivity index (χ1) is 16.0. The van der Waals surface area contributed by atoms with Gasteiger partial charge >= 0.3 is 0 Å². The van der Waals surface area contributed by atoms with Crippen LogP contribution in [0.15, 0.2) is 48.5 Å². The maximum absolute atomic E-state index is 5.48. The molecule has 6 heteroatoms. The van der Waals surface area contributed by atoms with Crippen LogP contribution in [0.3, 0.4) is 0 Å². The third-order valence-electron chi connectivity index (χ3n) is 6.17. The molecule has 0 bridgehead atoms. The highest BCUT2D eigenvalue weighted by molar-refractivity contribution is 5.67. The Morgan fingerprint density at radius 1 is 0.970 bits per heavy atom. The second-order valence-corrected chi connectivity index (χ2v) is 8.20. The summed E-state index contributed by atoms with van der Waals surface area (Å²) >= 11 is 0. The van der Waals surface area contributed by atoms with Crippen molar-refractivity contribution in [3.63, 3.8) is 0 Å². The molecule has 0 atom stereocenters. The molecule has 6 nitrogen and oxygen atoms in total. The Morgan fingerprint density at radius 3 is 2.48 bits per heavy atom. The SMILES string of the molecule is CCc1c(C)nc2cc(-c3ccc(OC)c(OC)c3)nn2c1CNCCc1ccccc1C. The van der Waals surface area contributed by atoms with E-state index in [0.717, 1.165) is 54.2 Å². The molecule has 2 heterocycles. The number of methoxy groups -OCH3 is 2. The van der Waals surface area contributed by atoms with E-state index in [0.29, 0.717) is 11.5 Å². The van der Waals surface area contributed by atoms with Crippen LogP contribution >= 0.6 is 0 Å². The highest BCUT2D eigenvalue weighted by Gasteiger charge is 2.16. The normalized spacial score (nSPS) is 11.2. The molecule has 4 rings (SSSR count). The Morgan fingerprint density at radius 2 is 1.76 bits per heavy atom. The van der Waals surface area contributed by atoms with Crippen molar-refractivity contribution in [2.75, 3.05) is 20.8 Å². The average Bonchev–Trinajstić information content (AvgIpc) is 3.25. The minimum Gasteiger partial charge on any atom is -0.493 e. The summed E-state index contributed by atoms with van der Waals surface area (Å²) in [7, 11) is 3.28. The van der Waals surface area contributed by atoms with Crippen LogP contribution in [-0.4, -0.2) is 35.4 Å². The number of rotatable bonds is 9. The number of benzene rings is 2. The molecule has 0 spiro atoms. The van der Waals surface area contributed by atoms with E-state index in [4.69, 9.17) is 19.6 Å². The van der Waals surface area contributed by atoms with Crippen molar-refractivity contribution >= 4 is 5.65 Å². The van der Waals surface area contributed by atoms with Crippen LogP contribution in [0, 0.1) is 13.8 Å². The number of nitrogens with one attached hydrogen (secondary N) is 1. The van der Waals surface area contributed by atoms with Crippen LogP contribution < -0.4 is 14.8 Å². The van der Waals surface area contributed by atoms with E-state index < -0.39 is 0 Å². The maximum atomic E-state index is 5.48. The molecule has 1 N–H and O–H groups in total. The smallest absolute Gasteiger partial charge is 0.161 e. The topological polar surface area (TPSA) is 60.7 Å². The monoisotopic (exact) mass is 444 g/mol. The summed E-state index contributed by atoms with van der Waals surface area (Å²) in [6, 6.07) is 16.4. The molecule has 0 aliphatic carbocycles. The zero-order valence-electron chi connectivity index (χ0n) is 20.1. The first kappa shape index (κ1) is 22.8. The van der Waals surface area contributed by atoms with Gasteiger partial charge in [-0.25, -0.2) is 9.50 Å². The number of aromatic nitrogens is 3. The van der Waals surface area contributed by atoms with Crippen molar-refractivity contribution in [2.45, 2.75) is 40.2 Å². The molecule has 2 aromatic heterocycles. The Kier molecular flexibility index (Phi) is 6.94. The molecule has 0 aliphatic heterocycles. The molecule has 172 valence electrons. The molecule has 0 saturated heterocycles. The Hall–Kier alpha value is -3.38. The first-order valence-electron chi connectivity index (χ1n) is 11.4. The fourth-order valence-electron chi connectivity index (χ4n) is 4.32. The fraction of sp³-hybridized carbons (Fsp3) is 0.333. The number of fused-ring (bicyclic) bond motifs is 1. The predicted octanol–water partition coefficient (Wildman–Crippen LogP) is 4.93. The minimum absolute atomic E-state index is 0.684. The van der Waals surface area contributed by atoms with Gasteiger partial charge in [0.2, 0.25) is 0 Å². The summed E-state index contributed by atoms with van der Waals surface area (Å²) in [5.41, 5.74) is 8.85. The lowest BCUT2D eigenvalue weighted by Crippen LogP contribution is -2.21. The molecule has 0 fully saturated rings. The van der Waals surface area contributed by atoms with E-state index in [9.17, 15) is 0 Å². The van der Waals surface area contributed by atoms with Crippen molar-refractivity contribution in [1.82, 2.24) is 19.9 Å². The van der Waals surface area contributed by atoms with Crippen LogP contribution in [0.4, 0.5) is 0 Å². The van der Waals surface area contributed by atoms with Gasteiger partial charge in [-0.15, -0.1) is 0 Å². The van der Waals surface area contributed by atoms with Crippen LogP contribution in [0.25, 0.3) is 16.9 Å². The van der Waals surface area contributed by atoms with Gasteiger partial charge in [0.05, 0.1) is 25.6 Å². The van der Waals surface area contributed by atoms with Gasteiger partial charge in [-0.1, -0.05) is 31.2 Å². The predicted molar refractivity (Wildman–Crippen MR) is 132 cm³/mol. The molecule has 0 amide bonds. The zero-order chi connectivity index (χ0) is 23.4. The van der Waals surface area contributed by atoms with E-state index >= 15 is 0 Å². The van der Waals surface area contributed by atoms with Gasteiger partial charge in [-0.05, 0) is 68.1 Å². The second kappa shape index (κ2) is 10.0. The van der Waals surface area contributed by atoms with Gasteiger partial charge in [0.1, 0.15) is 0 Å². The maximum Gasteiger partial charge on any atom is 0.161 e. The number of nitrogens with zero attached hydrogens (tertiary/aromatic N) is 3. The van der Waals surface area contributed by atoms with Gasteiger partial charge in [-0.2, -0.15) is 5.10 Å². The van der Waals surface area contributed by atoms with E-state index in [1.165, 1.54) is 16.7 Å². The average molecular weight is 445 g/mol. The summed E-state index contributed by atoms with van der Waals surface area (Å²) in [6.07, 6.45) is 1.91. The molecule has 0 saturated carbocycles. The first-order valence-corrected chi connectivity index (χ1v) is 11.4. The third-order valence-corrected chi connectivity index (χ3v) is 6.17. The number of hydrogen-bond acceptors (Lipinski definition) is 5. The van der Waals surface area contributed by atoms with Gasteiger partial charge in [0.25, 0.3) is 0 Å². The van der Waals surface area contributed by atoms with Gasteiger partial charge in [-0.3, -0.25) is 0 Å². The molecule has 0 aliphatic rings. The summed E-state index contributed by atoms with van der Waals surface area (Å²) in [5.74, 6) is 1.38. The highest BCUT2D eigenvalue weighted by atomic mass is 16.5. The fourth-order valence-corrected chi connectivity index (χ4v) is 4.32. The van der Waals surface area contributed by atoms with Crippen molar-refractivity contribution in [2.24, 2.45) is 0 Å². The largest absolute Gasteiger partial charge is 0.493 e. The van der Waals surface area contributed by atoms with Crippen LogP contribution in [0.2, 0.25) is 0 Å². The van der Waals surface area contributed by atoms with E-state index in [1.54, 1.807) is 14.2 Å². The van der Waals surface area contributed by atoms with Crippen LogP contribution in [0.1, 0.15) is 35.0 Å². The van der Waals surface area contributed by atoms with Crippen molar-refractivity contribution in [3.8, 4) is 22.8 Å². The molecule has 4 aromatic rings. The molecule has 0 radical (unpaired) electrons. The van der Waals surface area contributed by atoms with Crippen molar-refractivity contribution < 1.29 is 9.47 Å². The Labute approximate surface area is 195 Å². The molecular weight excluding hydrogens is 412 g/mol. The van der Waals surface area contributed by atoms with E-state index in [2.05, 4.69) is 50.4 Å². The summed E-state index contributed by atoms with van der Waals surface area (Å²) in [5, 5.41) is 8.56. The number of hydrogen-bond donors (Lipinski definition) is 1. The minimum atomic E-state index is 0.684. The van der Waals surface area contributed by atoms with Gasteiger partial charge < -0.3 is 14.8 Å². The zero-order valence-corrected chi connectivity index (χ0v) is 20.1. The number of ether oxygens (including phenoxy) is 2. The van der Waals surface area contributed by atoms with Crippen LogP contribution in [0.5, 0.6) is 11.5 Å². The van der Waals surface area contributed by atoms with Gasteiger partial charge in [0, 0.05) is 23.9 Å². The second-order valence-electron chi connectivity index (χ2n) is 8.20. The molecule has 0 unspecified atom stereocenters. The lowest BCUT2D eigenvalue weighted by atomic mass is 10.1. The van der Waals surface area contributed by atoms with Crippen LogP contribution in [-0.2, 0) is 19.4 Å². The summed E-state index contributed by atoms with van der Waals surface area (Å²) in [4.78, 5) is 4.83. The van der Waals surface area contributed by atoms with Crippen molar-refractivity contribution in [3.05, 3.63) is 76.6 Å². The van der Waals surface area contributed by atoms with E-state index in [-0.39, 0.29) is 0 Å². The lowest BCUT2D eigenvalue weighted by Gasteiger charge is -2.14. The summed E-state index contributed by atoms with van der Waals surface area (Å²) < 4.78 is 12.8. The van der Waals surface area contributed by atoms with Gasteiger partial charge in [0.15, 0.2) is 17.1 Å². The lowest BCUT2D eigenvalue weighted by molar-refractivity contribution is 0.355. The quantitative estimate of drug-likeness (QED) is 0.371. The summed E-state index contributed by atoms with van der Waals surface area (Å²) in [6.45, 7) is 8.06. The Bertz CT molecular complexity index is 1260. The standard InChI is InChI=1S/C27H32N4O2/c1-6-22-19(3)29-27-16-23(21-11-12-25(32-4)26(15-21)33-5)30-31(27)24(22)17-28-14-13-20-10-8-7-9-18(20)2/h7-12,15-16,28H,6,13-14,17H2,1-5H3. The molecular formula is C27H32N4O2. The Balaban J connectivity index is 1.63. The molecule has 2 aromatic carbocycles.